The number of carbonyl (C=O) groups excluding carboxylic acids is 1. The molecule has 26 heavy (non-hydrogen) atoms. The van der Waals surface area contributed by atoms with Gasteiger partial charge in [-0.15, -0.1) is 0 Å². The maximum Gasteiger partial charge on any atom is 0.341 e. The number of nitrogens with zero attached hydrogens (tertiary/aromatic N) is 4. The Morgan fingerprint density at radius 1 is 1.19 bits per heavy atom. The topological polar surface area (TPSA) is 69.5 Å². The highest BCUT2D eigenvalue weighted by molar-refractivity contribution is 6.04. The second-order valence-electron chi connectivity index (χ2n) is 5.97. The van der Waals surface area contributed by atoms with Crippen LogP contribution in [-0.2, 0) is 9.47 Å². The largest absolute Gasteiger partial charge is 0.462 e. The minimum atomic E-state index is -0.365. The van der Waals surface area contributed by atoms with Gasteiger partial charge in [0.15, 0.2) is 5.65 Å². The Bertz CT molecular complexity index is 917. The number of anilines is 1. The van der Waals surface area contributed by atoms with Gasteiger partial charge < -0.3 is 14.4 Å². The van der Waals surface area contributed by atoms with Crippen LogP contribution in [0.5, 0.6) is 0 Å². The SMILES string of the molecule is CCOC(=O)c1cnc2c(cnn2-c2ccccc2)c1N1CCOCC1. The summed E-state index contributed by atoms with van der Waals surface area (Å²) in [6.07, 6.45) is 3.36. The molecular formula is C19H20N4O3. The summed E-state index contributed by atoms with van der Waals surface area (Å²) >= 11 is 0. The van der Waals surface area contributed by atoms with E-state index in [9.17, 15) is 4.79 Å². The molecule has 0 aliphatic carbocycles. The lowest BCUT2D eigenvalue weighted by Gasteiger charge is -2.30. The van der Waals surface area contributed by atoms with Crippen LogP contribution in [0, 0.1) is 0 Å². The molecule has 1 saturated heterocycles. The molecule has 1 fully saturated rings. The summed E-state index contributed by atoms with van der Waals surface area (Å²) in [5.74, 6) is -0.365. The van der Waals surface area contributed by atoms with Crippen molar-refractivity contribution in [2.24, 2.45) is 0 Å². The number of hydrogen-bond donors (Lipinski definition) is 0. The number of aromatic nitrogens is 3. The fourth-order valence-electron chi connectivity index (χ4n) is 3.21. The van der Waals surface area contributed by atoms with Gasteiger partial charge in [0.25, 0.3) is 0 Å². The van der Waals surface area contributed by atoms with Crippen LogP contribution in [0.3, 0.4) is 0 Å². The minimum absolute atomic E-state index is 0.322. The highest BCUT2D eigenvalue weighted by Crippen LogP contribution is 2.31. The quantitative estimate of drug-likeness (QED) is 0.672. The number of hydrogen-bond acceptors (Lipinski definition) is 6. The van der Waals surface area contributed by atoms with E-state index >= 15 is 0 Å². The molecule has 134 valence electrons. The smallest absolute Gasteiger partial charge is 0.341 e. The van der Waals surface area contributed by atoms with E-state index in [4.69, 9.17) is 9.47 Å². The van der Waals surface area contributed by atoms with Gasteiger partial charge in [0, 0.05) is 19.3 Å². The number of ether oxygens (including phenoxy) is 2. The zero-order valence-electron chi connectivity index (χ0n) is 14.6. The van der Waals surface area contributed by atoms with Crippen molar-refractivity contribution in [1.82, 2.24) is 14.8 Å². The van der Waals surface area contributed by atoms with E-state index in [0.717, 1.165) is 16.8 Å². The van der Waals surface area contributed by atoms with Gasteiger partial charge in [-0.25, -0.2) is 14.5 Å². The second-order valence-corrected chi connectivity index (χ2v) is 5.97. The molecule has 0 radical (unpaired) electrons. The van der Waals surface area contributed by atoms with Gasteiger partial charge in [0.1, 0.15) is 5.56 Å². The lowest BCUT2D eigenvalue weighted by molar-refractivity contribution is 0.0526. The van der Waals surface area contributed by atoms with E-state index in [0.29, 0.717) is 44.1 Å². The second kappa shape index (κ2) is 7.13. The van der Waals surface area contributed by atoms with Gasteiger partial charge in [-0.1, -0.05) is 18.2 Å². The van der Waals surface area contributed by atoms with Crippen molar-refractivity contribution in [3.05, 3.63) is 48.3 Å². The first-order chi connectivity index (χ1) is 12.8. The monoisotopic (exact) mass is 352 g/mol. The Labute approximate surface area is 151 Å². The Hall–Kier alpha value is -2.93. The Morgan fingerprint density at radius 3 is 2.69 bits per heavy atom. The molecule has 7 heteroatoms. The van der Waals surface area contributed by atoms with Gasteiger partial charge >= 0.3 is 5.97 Å². The van der Waals surface area contributed by atoms with Gasteiger partial charge in [-0.3, -0.25) is 0 Å². The van der Waals surface area contributed by atoms with E-state index < -0.39 is 0 Å². The zero-order chi connectivity index (χ0) is 17.9. The van der Waals surface area contributed by atoms with Crippen LogP contribution in [-0.4, -0.2) is 53.6 Å². The zero-order valence-corrected chi connectivity index (χ0v) is 14.6. The number of benzene rings is 1. The van der Waals surface area contributed by atoms with Crippen molar-refractivity contribution < 1.29 is 14.3 Å². The molecule has 2 aromatic heterocycles. The van der Waals surface area contributed by atoms with Gasteiger partial charge in [-0.05, 0) is 19.1 Å². The summed E-state index contributed by atoms with van der Waals surface area (Å²) in [6.45, 7) is 4.79. The first-order valence-electron chi connectivity index (χ1n) is 8.71. The Kier molecular flexibility index (Phi) is 4.53. The van der Waals surface area contributed by atoms with Crippen molar-refractivity contribution in [1.29, 1.82) is 0 Å². The van der Waals surface area contributed by atoms with Crippen molar-refractivity contribution >= 4 is 22.7 Å². The van der Waals surface area contributed by atoms with Crippen molar-refractivity contribution in [2.75, 3.05) is 37.8 Å². The number of carbonyl (C=O) groups is 1. The van der Waals surface area contributed by atoms with Crippen LogP contribution in [0.2, 0.25) is 0 Å². The lowest BCUT2D eigenvalue weighted by Crippen LogP contribution is -2.37. The molecule has 0 spiro atoms. The fourth-order valence-corrected chi connectivity index (χ4v) is 3.21. The third-order valence-corrected chi connectivity index (χ3v) is 4.39. The molecule has 0 N–H and O–H groups in total. The van der Waals surface area contributed by atoms with Gasteiger partial charge in [0.05, 0.1) is 42.8 Å². The molecule has 1 aromatic carbocycles. The molecule has 0 amide bonds. The van der Waals surface area contributed by atoms with Crippen LogP contribution < -0.4 is 4.90 Å². The third kappa shape index (κ3) is 2.90. The number of para-hydroxylation sites is 1. The Morgan fingerprint density at radius 2 is 1.96 bits per heavy atom. The maximum absolute atomic E-state index is 12.5. The summed E-state index contributed by atoms with van der Waals surface area (Å²) in [7, 11) is 0. The first-order valence-corrected chi connectivity index (χ1v) is 8.71. The summed E-state index contributed by atoms with van der Waals surface area (Å²) in [5, 5.41) is 5.35. The first kappa shape index (κ1) is 16.5. The van der Waals surface area contributed by atoms with Crippen LogP contribution in [0.4, 0.5) is 5.69 Å². The van der Waals surface area contributed by atoms with Crippen molar-refractivity contribution in [3.8, 4) is 5.69 Å². The van der Waals surface area contributed by atoms with Gasteiger partial charge in [0.2, 0.25) is 0 Å². The standard InChI is InChI=1S/C19H20N4O3/c1-2-26-19(24)16-12-20-18-15(17(16)22-8-10-25-11-9-22)13-21-23(18)14-6-4-3-5-7-14/h3-7,12-13H,2,8-11H2,1H3. The van der Waals surface area contributed by atoms with Crippen LogP contribution in [0.15, 0.2) is 42.7 Å². The van der Waals surface area contributed by atoms with Crippen molar-refractivity contribution in [3.63, 3.8) is 0 Å². The van der Waals surface area contributed by atoms with Gasteiger partial charge in [-0.2, -0.15) is 5.10 Å². The molecule has 0 saturated carbocycles. The molecule has 1 aliphatic heterocycles. The van der Waals surface area contributed by atoms with Crippen LogP contribution in [0.25, 0.3) is 16.7 Å². The van der Waals surface area contributed by atoms with E-state index in [1.807, 2.05) is 30.3 Å². The minimum Gasteiger partial charge on any atom is -0.462 e. The molecule has 1 aliphatic rings. The normalized spacial score (nSPS) is 14.6. The summed E-state index contributed by atoms with van der Waals surface area (Å²) in [4.78, 5) is 19.1. The average molecular weight is 352 g/mol. The number of rotatable bonds is 4. The highest BCUT2D eigenvalue weighted by Gasteiger charge is 2.25. The predicted molar refractivity (Wildman–Crippen MR) is 97.9 cm³/mol. The lowest BCUT2D eigenvalue weighted by atomic mass is 10.1. The number of fused-ring (bicyclic) bond motifs is 1. The third-order valence-electron chi connectivity index (χ3n) is 4.39. The predicted octanol–water partition coefficient (Wildman–Crippen LogP) is 2.43. The number of esters is 1. The molecule has 0 bridgehead atoms. The summed E-state index contributed by atoms with van der Waals surface area (Å²) < 4.78 is 12.5. The molecule has 3 heterocycles. The van der Waals surface area contributed by atoms with E-state index in [2.05, 4.69) is 15.0 Å². The summed E-state index contributed by atoms with van der Waals surface area (Å²) in [5.41, 5.74) is 2.92. The molecule has 0 atom stereocenters. The highest BCUT2D eigenvalue weighted by atomic mass is 16.5. The van der Waals surface area contributed by atoms with E-state index in [-0.39, 0.29) is 5.97 Å². The molecule has 4 rings (SSSR count). The molecular weight excluding hydrogens is 332 g/mol. The maximum atomic E-state index is 12.5. The van der Waals surface area contributed by atoms with Crippen molar-refractivity contribution in [2.45, 2.75) is 6.92 Å². The number of pyridine rings is 1. The van der Waals surface area contributed by atoms with Crippen LogP contribution in [0.1, 0.15) is 17.3 Å². The number of morpholine rings is 1. The molecule has 3 aromatic rings. The molecule has 0 unspecified atom stereocenters. The Balaban J connectivity index is 1.89. The summed E-state index contributed by atoms with van der Waals surface area (Å²) in [6, 6.07) is 9.82. The van der Waals surface area contributed by atoms with E-state index in [1.165, 1.54) is 0 Å². The fraction of sp³-hybridized carbons (Fsp3) is 0.316. The van der Waals surface area contributed by atoms with Crippen LogP contribution >= 0.6 is 0 Å². The average Bonchev–Trinajstić information content (AvgIpc) is 3.13. The molecule has 7 nitrogen and oxygen atoms in total. The van der Waals surface area contributed by atoms with E-state index in [1.54, 1.807) is 24.0 Å².